The van der Waals surface area contributed by atoms with Gasteiger partial charge in [0.2, 0.25) is 0 Å². The van der Waals surface area contributed by atoms with E-state index in [1.165, 1.54) is 0 Å². The molecule has 0 bridgehead atoms. The molecule has 25 heavy (non-hydrogen) atoms. The summed E-state index contributed by atoms with van der Waals surface area (Å²) < 4.78 is 15.1. The molecule has 0 saturated carbocycles. The molecule has 0 aromatic heterocycles. The first-order valence-electron chi connectivity index (χ1n) is 7.73. The molecule has 3 amide bonds. The number of amides is 3. The number of hydrogen-bond acceptors (Lipinski definition) is 7. The number of hydrogen-bond donors (Lipinski definition) is 1. The fourth-order valence-corrected chi connectivity index (χ4v) is 2.34. The summed E-state index contributed by atoms with van der Waals surface area (Å²) in [5.74, 6) is -0.184. The van der Waals surface area contributed by atoms with Crippen LogP contribution in [0, 0.1) is 0 Å². The van der Waals surface area contributed by atoms with Crippen molar-refractivity contribution in [2.75, 3.05) is 27.4 Å². The Balaban J connectivity index is 1.94. The number of imide groups is 3. The van der Waals surface area contributed by atoms with Gasteiger partial charge in [-0.25, -0.2) is 4.79 Å². The molecule has 8 heteroatoms. The van der Waals surface area contributed by atoms with Gasteiger partial charge in [0, 0.05) is 12.6 Å². The number of nitrogens with zero attached hydrogens (tertiary/aromatic N) is 1. The van der Waals surface area contributed by atoms with Crippen LogP contribution in [0.4, 0.5) is 4.79 Å². The van der Waals surface area contributed by atoms with Crippen LogP contribution in [0.5, 0.6) is 11.5 Å². The lowest BCUT2D eigenvalue weighted by atomic mass is 10.1. The molecular formula is C17H20N2O6. The molecule has 0 atom stereocenters. The third-order valence-corrected chi connectivity index (χ3v) is 3.55. The summed E-state index contributed by atoms with van der Waals surface area (Å²) in [6.45, 7) is 2.08. The quantitative estimate of drug-likeness (QED) is 0.741. The molecule has 1 N–H and O–H groups in total. The molecule has 0 unspecified atom stereocenters. The van der Waals surface area contributed by atoms with Crippen molar-refractivity contribution in [2.24, 2.45) is 0 Å². The van der Waals surface area contributed by atoms with Gasteiger partial charge < -0.3 is 19.5 Å². The molecule has 1 heterocycles. The maximum atomic E-state index is 12.1. The highest BCUT2D eigenvalue weighted by atomic mass is 16.6. The van der Waals surface area contributed by atoms with Gasteiger partial charge in [-0.15, -0.1) is 0 Å². The Kier molecular flexibility index (Phi) is 5.99. The van der Waals surface area contributed by atoms with Crippen molar-refractivity contribution in [1.82, 2.24) is 10.2 Å². The Bertz CT molecular complexity index is 713. The smallest absolute Gasteiger partial charge is 0.424 e. The number of ether oxygens (including phenoxy) is 3. The number of carbonyl (C=O) groups is 3. The average Bonchev–Trinajstić information content (AvgIpc) is 2.88. The lowest BCUT2D eigenvalue weighted by Gasteiger charge is -2.13. The Morgan fingerprint density at radius 2 is 1.88 bits per heavy atom. The molecule has 134 valence electrons. The first-order valence-corrected chi connectivity index (χ1v) is 7.73. The third kappa shape index (κ3) is 4.09. The molecule has 1 aromatic rings. The zero-order valence-corrected chi connectivity index (χ0v) is 14.3. The Morgan fingerprint density at radius 3 is 2.52 bits per heavy atom. The van der Waals surface area contributed by atoms with Gasteiger partial charge >= 0.3 is 6.09 Å². The molecule has 0 saturated heterocycles. The topological polar surface area (TPSA) is 94.2 Å². The summed E-state index contributed by atoms with van der Waals surface area (Å²) in [6, 6.07) is 5.51. The number of nitrogens with one attached hydrogen (secondary N) is 1. The van der Waals surface area contributed by atoms with Crippen molar-refractivity contribution in [3.05, 3.63) is 35.5 Å². The molecule has 1 aromatic carbocycles. The maximum Gasteiger partial charge on any atom is 0.424 e. The molecule has 8 nitrogen and oxygen atoms in total. The summed E-state index contributed by atoms with van der Waals surface area (Å²) in [5, 5.41) is 2.87. The van der Waals surface area contributed by atoms with E-state index in [0.717, 1.165) is 11.6 Å². The highest BCUT2D eigenvalue weighted by molar-refractivity contribution is 6.23. The predicted molar refractivity (Wildman–Crippen MR) is 88.2 cm³/mol. The summed E-state index contributed by atoms with van der Waals surface area (Å²) in [4.78, 5) is 35.9. The van der Waals surface area contributed by atoms with E-state index in [4.69, 9.17) is 14.2 Å². The fraction of sp³-hybridized carbons (Fsp3) is 0.353. The van der Waals surface area contributed by atoms with Crippen molar-refractivity contribution in [1.29, 1.82) is 0 Å². The average molecular weight is 348 g/mol. The summed E-state index contributed by atoms with van der Waals surface area (Å²) in [5.41, 5.74) is 1.03. The van der Waals surface area contributed by atoms with Crippen LogP contribution in [0.15, 0.2) is 30.0 Å². The second kappa shape index (κ2) is 8.18. The largest absolute Gasteiger partial charge is 0.493 e. The Hall–Kier alpha value is -3.03. The van der Waals surface area contributed by atoms with Crippen LogP contribution in [-0.2, 0) is 20.7 Å². The number of carbonyl (C=O) groups excluding carboxylic acids is 3. The van der Waals surface area contributed by atoms with Crippen molar-refractivity contribution in [3.63, 3.8) is 0 Å². The minimum absolute atomic E-state index is 0.0681. The van der Waals surface area contributed by atoms with Gasteiger partial charge in [0.15, 0.2) is 11.5 Å². The second-order valence-corrected chi connectivity index (χ2v) is 5.10. The Labute approximate surface area is 145 Å². The SMILES string of the molecule is CCOC(=O)N1C(=O)C=C(NCCc2ccc(OC)c(OC)c2)C1=O. The molecule has 0 spiro atoms. The molecular weight excluding hydrogens is 328 g/mol. The summed E-state index contributed by atoms with van der Waals surface area (Å²) in [6.07, 6.45) is 0.706. The van der Waals surface area contributed by atoms with E-state index in [2.05, 4.69) is 5.32 Å². The summed E-state index contributed by atoms with van der Waals surface area (Å²) in [7, 11) is 3.11. The van der Waals surface area contributed by atoms with E-state index < -0.39 is 17.9 Å². The molecule has 1 aliphatic rings. The second-order valence-electron chi connectivity index (χ2n) is 5.10. The van der Waals surface area contributed by atoms with Crippen LogP contribution in [0.1, 0.15) is 12.5 Å². The van der Waals surface area contributed by atoms with Gasteiger partial charge in [0.25, 0.3) is 11.8 Å². The van der Waals surface area contributed by atoms with Crippen LogP contribution in [0.25, 0.3) is 0 Å². The molecule has 1 aliphatic heterocycles. The fourth-order valence-electron chi connectivity index (χ4n) is 2.34. The van der Waals surface area contributed by atoms with Gasteiger partial charge in [-0.1, -0.05) is 6.07 Å². The van der Waals surface area contributed by atoms with Crippen molar-refractivity contribution >= 4 is 17.9 Å². The minimum atomic E-state index is -0.967. The van der Waals surface area contributed by atoms with Crippen molar-refractivity contribution < 1.29 is 28.6 Å². The first-order chi connectivity index (χ1) is 12.0. The van der Waals surface area contributed by atoms with Crippen LogP contribution >= 0.6 is 0 Å². The lowest BCUT2D eigenvalue weighted by Crippen LogP contribution is -2.39. The molecule has 0 aliphatic carbocycles. The van der Waals surface area contributed by atoms with Gasteiger partial charge in [0.1, 0.15) is 5.70 Å². The highest BCUT2D eigenvalue weighted by Crippen LogP contribution is 2.27. The monoisotopic (exact) mass is 348 g/mol. The van der Waals surface area contributed by atoms with Crippen molar-refractivity contribution in [3.8, 4) is 11.5 Å². The number of rotatable bonds is 7. The van der Waals surface area contributed by atoms with E-state index in [9.17, 15) is 14.4 Å². The highest BCUT2D eigenvalue weighted by Gasteiger charge is 2.37. The van der Waals surface area contributed by atoms with Crippen LogP contribution in [-0.4, -0.2) is 50.2 Å². The Morgan fingerprint density at radius 1 is 1.16 bits per heavy atom. The van der Waals surface area contributed by atoms with Gasteiger partial charge in [-0.2, -0.15) is 4.90 Å². The maximum absolute atomic E-state index is 12.1. The standard InChI is InChI=1S/C17H20N2O6/c1-4-25-17(22)19-15(20)10-12(16(19)21)18-8-7-11-5-6-13(23-2)14(9-11)24-3/h5-6,9-10,18H,4,7-8H2,1-3H3. The molecule has 0 fully saturated rings. The van der Waals surface area contributed by atoms with Crippen molar-refractivity contribution in [2.45, 2.75) is 13.3 Å². The first kappa shape index (κ1) is 18.3. The van der Waals surface area contributed by atoms with E-state index in [0.29, 0.717) is 29.4 Å². The molecule has 0 radical (unpaired) electrons. The van der Waals surface area contributed by atoms with Gasteiger partial charge in [0.05, 0.1) is 20.8 Å². The zero-order valence-electron chi connectivity index (χ0n) is 14.3. The van der Waals surface area contributed by atoms with E-state index in [1.54, 1.807) is 27.2 Å². The van der Waals surface area contributed by atoms with Crippen LogP contribution in [0.2, 0.25) is 0 Å². The van der Waals surface area contributed by atoms with Crippen LogP contribution < -0.4 is 14.8 Å². The van der Waals surface area contributed by atoms with Gasteiger partial charge in [-0.3, -0.25) is 9.59 Å². The lowest BCUT2D eigenvalue weighted by molar-refractivity contribution is -0.135. The normalized spacial score (nSPS) is 13.6. The summed E-state index contributed by atoms with van der Waals surface area (Å²) >= 11 is 0. The molecule has 2 rings (SSSR count). The minimum Gasteiger partial charge on any atom is -0.493 e. The van der Waals surface area contributed by atoms with E-state index >= 15 is 0 Å². The zero-order chi connectivity index (χ0) is 18.4. The van der Waals surface area contributed by atoms with E-state index in [-0.39, 0.29) is 12.3 Å². The number of benzene rings is 1. The van der Waals surface area contributed by atoms with E-state index in [1.807, 2.05) is 12.1 Å². The predicted octanol–water partition coefficient (Wildman–Crippen LogP) is 1.25. The van der Waals surface area contributed by atoms with Crippen LogP contribution in [0.3, 0.4) is 0 Å². The third-order valence-electron chi connectivity index (χ3n) is 3.55. The van der Waals surface area contributed by atoms with Gasteiger partial charge in [-0.05, 0) is 31.0 Å². The number of methoxy groups -OCH3 is 2.